The molecule has 190 valence electrons. The minimum absolute atomic E-state index is 0.381. The molecule has 0 aromatic heterocycles. The second-order valence-corrected chi connectivity index (χ2v) is 8.34. The predicted octanol–water partition coefficient (Wildman–Crippen LogP) is 5.71. The second-order valence-electron chi connectivity index (χ2n) is 8.34. The van der Waals surface area contributed by atoms with Crippen molar-refractivity contribution in [2.75, 3.05) is 14.2 Å². The highest BCUT2D eigenvalue weighted by Crippen LogP contribution is 2.33. The molecule has 2 N–H and O–H groups in total. The zero-order chi connectivity index (χ0) is 26.2. The summed E-state index contributed by atoms with van der Waals surface area (Å²) in [7, 11) is 3.15. The van der Waals surface area contributed by atoms with Crippen LogP contribution in [0.2, 0.25) is 0 Å². The third kappa shape index (κ3) is 5.71. The first-order chi connectivity index (χ1) is 17.3. The minimum atomic E-state index is 0.381. The Balaban J connectivity index is 1.83. The van der Waals surface area contributed by atoms with Crippen molar-refractivity contribution in [2.24, 2.45) is 10.3 Å². The van der Waals surface area contributed by atoms with Crippen LogP contribution in [0, 0.1) is 27.7 Å². The lowest BCUT2D eigenvalue weighted by Crippen LogP contribution is -2.10. The molecule has 36 heavy (non-hydrogen) atoms. The molecule has 0 spiro atoms. The summed E-state index contributed by atoms with van der Waals surface area (Å²) in [6, 6.07) is 10.7. The maximum atomic E-state index is 8.77. The van der Waals surface area contributed by atoms with E-state index in [-0.39, 0.29) is 0 Å². The summed E-state index contributed by atoms with van der Waals surface area (Å²) in [6.07, 6.45) is 2.67. The van der Waals surface area contributed by atoms with E-state index < -0.39 is 0 Å². The molecule has 8 nitrogen and oxygen atoms in total. The molecule has 0 unspecified atom stereocenters. The van der Waals surface area contributed by atoms with Gasteiger partial charge in [0, 0.05) is 11.1 Å². The van der Waals surface area contributed by atoms with Crippen molar-refractivity contribution in [3.8, 4) is 23.0 Å². The van der Waals surface area contributed by atoms with Gasteiger partial charge in [-0.1, -0.05) is 10.3 Å². The standard InChI is InChI=1S/C28H32N2O6/c1-17-18(2)24(16-36-26-10-8-22(14-30-32)12-28(26)34-6)20(4)19(3)23(17)15-35-25-9-7-21(13-29-31)11-27(25)33-5/h7-14,31-32H,15-16H2,1-6H3/b29-13+,30-14+. The van der Waals surface area contributed by atoms with Crippen LogP contribution in [0.1, 0.15) is 44.5 Å². The number of hydrogen-bond acceptors (Lipinski definition) is 8. The molecule has 0 fully saturated rings. The Morgan fingerprint density at radius 2 is 0.972 bits per heavy atom. The maximum absolute atomic E-state index is 8.77. The Hall–Kier alpha value is -4.20. The van der Waals surface area contributed by atoms with E-state index in [2.05, 4.69) is 38.0 Å². The summed E-state index contributed by atoms with van der Waals surface area (Å²) < 4.78 is 23.2. The van der Waals surface area contributed by atoms with Crippen molar-refractivity contribution in [3.05, 3.63) is 80.9 Å². The first-order valence-electron chi connectivity index (χ1n) is 11.4. The molecule has 3 rings (SSSR count). The summed E-state index contributed by atoms with van der Waals surface area (Å²) in [5.74, 6) is 2.34. The lowest BCUT2D eigenvalue weighted by atomic mass is 9.89. The highest BCUT2D eigenvalue weighted by Gasteiger charge is 2.17. The molecule has 0 bridgehead atoms. The van der Waals surface area contributed by atoms with Gasteiger partial charge in [0.05, 0.1) is 26.6 Å². The van der Waals surface area contributed by atoms with Crippen LogP contribution in [-0.2, 0) is 13.2 Å². The Kier molecular flexibility index (Phi) is 8.78. The van der Waals surface area contributed by atoms with Gasteiger partial charge in [-0.05, 0) is 97.5 Å². The van der Waals surface area contributed by atoms with Crippen molar-refractivity contribution in [1.82, 2.24) is 0 Å². The molecule has 0 aliphatic carbocycles. The molecule has 3 aromatic carbocycles. The normalized spacial score (nSPS) is 11.3. The van der Waals surface area contributed by atoms with Crippen molar-refractivity contribution in [3.63, 3.8) is 0 Å². The van der Waals surface area contributed by atoms with Gasteiger partial charge in [-0.2, -0.15) is 0 Å². The molecular formula is C28H32N2O6. The van der Waals surface area contributed by atoms with Gasteiger partial charge in [0.15, 0.2) is 23.0 Å². The number of nitrogens with zero attached hydrogens (tertiary/aromatic N) is 2. The van der Waals surface area contributed by atoms with Gasteiger partial charge in [0.1, 0.15) is 13.2 Å². The topological polar surface area (TPSA) is 102 Å². The fraction of sp³-hybridized carbons (Fsp3) is 0.286. The number of ether oxygens (including phenoxy) is 4. The van der Waals surface area contributed by atoms with E-state index >= 15 is 0 Å². The van der Waals surface area contributed by atoms with Gasteiger partial charge < -0.3 is 29.4 Å². The third-order valence-corrected chi connectivity index (χ3v) is 6.47. The maximum Gasteiger partial charge on any atom is 0.161 e. The van der Waals surface area contributed by atoms with Crippen molar-refractivity contribution < 1.29 is 29.4 Å². The van der Waals surface area contributed by atoms with E-state index in [0.717, 1.165) is 33.4 Å². The summed E-state index contributed by atoms with van der Waals surface area (Å²) in [5.41, 5.74) is 8.20. The average Bonchev–Trinajstić information content (AvgIpc) is 2.88. The average molecular weight is 493 g/mol. The molecule has 3 aromatic rings. The van der Waals surface area contributed by atoms with Gasteiger partial charge in [0.25, 0.3) is 0 Å². The first kappa shape index (κ1) is 26.4. The lowest BCUT2D eigenvalue weighted by molar-refractivity contribution is 0.279. The zero-order valence-electron chi connectivity index (χ0n) is 21.5. The van der Waals surface area contributed by atoms with Crippen LogP contribution in [0.4, 0.5) is 0 Å². The molecule has 0 radical (unpaired) electrons. The molecule has 0 saturated heterocycles. The van der Waals surface area contributed by atoms with Gasteiger partial charge in [-0.25, -0.2) is 0 Å². The molecular weight excluding hydrogens is 460 g/mol. The largest absolute Gasteiger partial charge is 0.493 e. The first-order valence-corrected chi connectivity index (χ1v) is 11.4. The van der Waals surface area contributed by atoms with Crippen LogP contribution in [0.15, 0.2) is 46.7 Å². The predicted molar refractivity (Wildman–Crippen MR) is 139 cm³/mol. The van der Waals surface area contributed by atoms with Crippen molar-refractivity contribution in [1.29, 1.82) is 0 Å². The number of methoxy groups -OCH3 is 2. The van der Waals surface area contributed by atoms with Crippen LogP contribution < -0.4 is 18.9 Å². The van der Waals surface area contributed by atoms with Gasteiger partial charge >= 0.3 is 0 Å². The SMILES string of the molecule is COc1cc(/C=N/O)ccc1OCc1c(C)c(C)c(COc2ccc(/C=N/O)cc2OC)c(C)c1C. The Labute approximate surface area is 211 Å². The molecule has 0 saturated carbocycles. The van der Waals surface area contributed by atoms with E-state index in [0.29, 0.717) is 47.3 Å². The van der Waals surface area contributed by atoms with E-state index in [1.807, 2.05) is 0 Å². The van der Waals surface area contributed by atoms with Crippen molar-refractivity contribution in [2.45, 2.75) is 40.9 Å². The molecule has 0 heterocycles. The third-order valence-electron chi connectivity index (χ3n) is 6.47. The molecule has 0 atom stereocenters. The van der Waals surface area contributed by atoms with Gasteiger partial charge in [-0.15, -0.1) is 0 Å². The zero-order valence-corrected chi connectivity index (χ0v) is 21.5. The fourth-order valence-corrected chi connectivity index (χ4v) is 4.10. The molecule has 0 amide bonds. The second kappa shape index (κ2) is 12.0. The molecule has 0 aliphatic heterocycles. The molecule has 8 heteroatoms. The van der Waals surface area contributed by atoms with Crippen molar-refractivity contribution >= 4 is 12.4 Å². The van der Waals surface area contributed by atoms with Crippen LogP contribution in [0.5, 0.6) is 23.0 Å². The highest BCUT2D eigenvalue weighted by molar-refractivity contribution is 5.81. The summed E-state index contributed by atoms with van der Waals surface area (Å²) in [4.78, 5) is 0. The van der Waals surface area contributed by atoms with Gasteiger partial charge in [0.2, 0.25) is 0 Å². The lowest BCUT2D eigenvalue weighted by Gasteiger charge is -2.22. The Morgan fingerprint density at radius 1 is 0.611 bits per heavy atom. The Morgan fingerprint density at radius 3 is 1.28 bits per heavy atom. The molecule has 0 aliphatic rings. The summed E-state index contributed by atoms with van der Waals surface area (Å²) in [5, 5.41) is 23.7. The number of rotatable bonds is 10. The van der Waals surface area contributed by atoms with Gasteiger partial charge in [-0.3, -0.25) is 0 Å². The van der Waals surface area contributed by atoms with E-state index in [1.165, 1.54) is 12.4 Å². The number of benzene rings is 3. The highest BCUT2D eigenvalue weighted by atomic mass is 16.5. The summed E-state index contributed by atoms with van der Waals surface area (Å²) >= 11 is 0. The van der Waals surface area contributed by atoms with E-state index in [9.17, 15) is 0 Å². The monoisotopic (exact) mass is 492 g/mol. The van der Waals surface area contributed by atoms with Crippen LogP contribution in [0.3, 0.4) is 0 Å². The van der Waals surface area contributed by atoms with E-state index in [4.69, 9.17) is 29.4 Å². The van der Waals surface area contributed by atoms with Crippen LogP contribution in [0.25, 0.3) is 0 Å². The Bertz CT molecular complexity index is 1160. The summed E-state index contributed by atoms with van der Waals surface area (Å²) in [6.45, 7) is 9.12. The number of hydrogen-bond donors (Lipinski definition) is 2. The number of oxime groups is 2. The van der Waals surface area contributed by atoms with Crippen LogP contribution in [-0.4, -0.2) is 37.1 Å². The fourth-order valence-electron chi connectivity index (χ4n) is 4.10. The van der Waals surface area contributed by atoms with Crippen LogP contribution >= 0.6 is 0 Å². The minimum Gasteiger partial charge on any atom is -0.493 e. The quantitative estimate of drug-likeness (QED) is 0.213. The smallest absolute Gasteiger partial charge is 0.161 e. The van der Waals surface area contributed by atoms with E-state index in [1.54, 1.807) is 50.6 Å².